The van der Waals surface area contributed by atoms with E-state index >= 15 is 0 Å². The molecule has 17 heavy (non-hydrogen) atoms. The molecule has 0 bridgehead atoms. The van der Waals surface area contributed by atoms with Crippen LogP contribution in [0.15, 0.2) is 34.5 Å². The average Bonchev–Trinajstić information content (AvgIpc) is 2.85. The maximum Gasteiger partial charge on any atom is 0.326 e. The van der Waals surface area contributed by atoms with Crippen LogP contribution in [0.1, 0.15) is 5.69 Å². The quantitative estimate of drug-likeness (QED) is 0.564. The summed E-state index contributed by atoms with van der Waals surface area (Å²) in [5, 5.41) is 9.12. The Hall–Kier alpha value is -2.63. The zero-order chi connectivity index (χ0) is 11.8. The number of urea groups is 1. The van der Waals surface area contributed by atoms with E-state index in [9.17, 15) is 9.59 Å². The maximum absolute atomic E-state index is 11.3. The number of para-hydroxylation sites is 1. The molecule has 0 radical (unpaired) electrons. The topological polar surface area (TPSA) is 84.2 Å². The summed E-state index contributed by atoms with van der Waals surface area (Å²) < 4.78 is 5.08. The third kappa shape index (κ3) is 1.55. The van der Waals surface area contributed by atoms with Crippen molar-refractivity contribution in [2.75, 3.05) is 0 Å². The molecule has 0 aliphatic carbocycles. The summed E-state index contributed by atoms with van der Waals surface area (Å²) in [6.07, 6.45) is 1.48. The van der Waals surface area contributed by atoms with Gasteiger partial charge in [0.1, 0.15) is 11.4 Å². The number of aromatic nitrogens is 1. The molecule has 0 atom stereocenters. The summed E-state index contributed by atoms with van der Waals surface area (Å²) in [6, 6.07) is 6.74. The van der Waals surface area contributed by atoms with Crippen LogP contribution in [0, 0.1) is 0 Å². The van der Waals surface area contributed by atoms with Gasteiger partial charge in [0.15, 0.2) is 5.58 Å². The summed E-state index contributed by atoms with van der Waals surface area (Å²) in [5.74, 6) is -0.470. The van der Waals surface area contributed by atoms with Crippen LogP contribution < -0.4 is 10.6 Å². The molecule has 1 aliphatic rings. The summed E-state index contributed by atoms with van der Waals surface area (Å²) in [6.45, 7) is 0. The van der Waals surface area contributed by atoms with Crippen LogP contribution in [0.4, 0.5) is 4.79 Å². The van der Waals surface area contributed by atoms with Gasteiger partial charge in [-0.2, -0.15) is 0 Å². The number of hydrogen-bond acceptors (Lipinski definition) is 4. The van der Waals surface area contributed by atoms with E-state index in [0.717, 1.165) is 5.39 Å². The molecule has 6 nitrogen and oxygen atoms in total. The van der Waals surface area contributed by atoms with Gasteiger partial charge in [-0.15, -0.1) is 0 Å². The first-order valence-electron chi connectivity index (χ1n) is 4.92. The van der Waals surface area contributed by atoms with Gasteiger partial charge in [0, 0.05) is 5.39 Å². The van der Waals surface area contributed by atoms with Crippen molar-refractivity contribution in [1.29, 1.82) is 0 Å². The van der Waals surface area contributed by atoms with Crippen molar-refractivity contribution in [3.8, 4) is 0 Å². The zero-order valence-electron chi connectivity index (χ0n) is 8.56. The lowest BCUT2D eigenvalue weighted by Crippen LogP contribution is -2.22. The van der Waals surface area contributed by atoms with E-state index in [1.54, 1.807) is 6.07 Å². The van der Waals surface area contributed by atoms with Gasteiger partial charge in [0.05, 0.1) is 0 Å². The van der Waals surface area contributed by atoms with Crippen molar-refractivity contribution < 1.29 is 14.1 Å². The summed E-state index contributed by atoms with van der Waals surface area (Å²) in [4.78, 5) is 22.3. The number of hydrogen-bond donors (Lipinski definition) is 2. The summed E-state index contributed by atoms with van der Waals surface area (Å²) >= 11 is 0. The third-order valence-electron chi connectivity index (χ3n) is 2.41. The van der Waals surface area contributed by atoms with Crippen LogP contribution >= 0.6 is 0 Å². The molecule has 1 aromatic carbocycles. The first kappa shape index (κ1) is 9.59. The number of benzene rings is 1. The Bertz CT molecular complexity index is 657. The minimum absolute atomic E-state index is 0.161. The van der Waals surface area contributed by atoms with Gasteiger partial charge in [-0.1, -0.05) is 17.3 Å². The van der Waals surface area contributed by atoms with Crippen molar-refractivity contribution in [1.82, 2.24) is 15.8 Å². The van der Waals surface area contributed by atoms with E-state index in [1.165, 1.54) is 6.08 Å². The second-order valence-corrected chi connectivity index (χ2v) is 3.53. The second kappa shape index (κ2) is 3.44. The minimum Gasteiger partial charge on any atom is -0.356 e. The monoisotopic (exact) mass is 229 g/mol. The maximum atomic E-state index is 11.3. The molecule has 84 valence electrons. The van der Waals surface area contributed by atoms with Gasteiger partial charge in [-0.3, -0.25) is 10.1 Å². The standard InChI is InChI=1S/C11H7N3O3/c15-10-8(12-11(16)13-10)5-7-6-3-1-2-4-9(6)17-14-7/h1-5H,(H2,12,13,15,16). The molecule has 2 N–H and O–H groups in total. The van der Waals surface area contributed by atoms with Crippen LogP contribution in [0.3, 0.4) is 0 Å². The molecule has 0 saturated carbocycles. The Kier molecular flexibility index (Phi) is 1.94. The van der Waals surface area contributed by atoms with Crippen LogP contribution in [0.25, 0.3) is 17.0 Å². The molecule has 0 spiro atoms. The molecule has 3 rings (SSSR count). The Labute approximate surface area is 95.3 Å². The highest BCUT2D eigenvalue weighted by molar-refractivity contribution is 6.14. The largest absolute Gasteiger partial charge is 0.356 e. The average molecular weight is 229 g/mol. The fraction of sp³-hybridized carbons (Fsp3) is 0. The smallest absolute Gasteiger partial charge is 0.326 e. The number of carbonyl (C=O) groups is 2. The molecule has 0 unspecified atom stereocenters. The lowest BCUT2D eigenvalue weighted by Gasteiger charge is -1.91. The highest BCUT2D eigenvalue weighted by atomic mass is 16.5. The Balaban J connectivity index is 2.08. The molecule has 2 aromatic rings. The van der Waals surface area contributed by atoms with E-state index in [0.29, 0.717) is 11.3 Å². The number of amides is 3. The van der Waals surface area contributed by atoms with E-state index in [4.69, 9.17) is 4.52 Å². The van der Waals surface area contributed by atoms with Crippen molar-refractivity contribution in [2.24, 2.45) is 0 Å². The molecule has 2 heterocycles. The number of fused-ring (bicyclic) bond motifs is 1. The third-order valence-corrected chi connectivity index (χ3v) is 2.41. The predicted octanol–water partition coefficient (Wildman–Crippen LogP) is 1.01. The van der Waals surface area contributed by atoms with Crippen LogP contribution in [0.2, 0.25) is 0 Å². The fourth-order valence-corrected chi connectivity index (χ4v) is 1.63. The van der Waals surface area contributed by atoms with Crippen molar-refractivity contribution in [2.45, 2.75) is 0 Å². The normalized spacial score (nSPS) is 17.5. The number of rotatable bonds is 1. The minimum atomic E-state index is -0.533. The van der Waals surface area contributed by atoms with Crippen molar-refractivity contribution in [3.05, 3.63) is 35.7 Å². The Morgan fingerprint density at radius 2 is 2.00 bits per heavy atom. The van der Waals surface area contributed by atoms with Gasteiger partial charge in [0.2, 0.25) is 0 Å². The highest BCUT2D eigenvalue weighted by Crippen LogP contribution is 2.20. The zero-order valence-corrected chi connectivity index (χ0v) is 8.56. The molecule has 1 fully saturated rings. The van der Waals surface area contributed by atoms with Crippen molar-refractivity contribution in [3.63, 3.8) is 0 Å². The highest BCUT2D eigenvalue weighted by Gasteiger charge is 2.23. The summed E-state index contributed by atoms with van der Waals surface area (Å²) in [5.41, 5.74) is 1.30. The van der Waals surface area contributed by atoms with E-state index < -0.39 is 11.9 Å². The first-order chi connectivity index (χ1) is 8.24. The van der Waals surface area contributed by atoms with E-state index in [1.807, 2.05) is 18.2 Å². The van der Waals surface area contributed by atoms with E-state index in [-0.39, 0.29) is 5.70 Å². The molecular weight excluding hydrogens is 222 g/mol. The van der Waals surface area contributed by atoms with Gasteiger partial charge in [0.25, 0.3) is 5.91 Å². The molecule has 1 saturated heterocycles. The lowest BCUT2D eigenvalue weighted by atomic mass is 10.2. The number of imide groups is 1. The number of nitrogens with one attached hydrogen (secondary N) is 2. The molecule has 3 amide bonds. The van der Waals surface area contributed by atoms with Crippen LogP contribution in [-0.4, -0.2) is 17.1 Å². The Morgan fingerprint density at radius 3 is 2.76 bits per heavy atom. The van der Waals surface area contributed by atoms with Crippen molar-refractivity contribution >= 4 is 29.0 Å². The first-order valence-corrected chi connectivity index (χ1v) is 4.92. The Morgan fingerprint density at radius 1 is 1.18 bits per heavy atom. The van der Waals surface area contributed by atoms with Crippen LogP contribution in [-0.2, 0) is 4.79 Å². The predicted molar refractivity (Wildman–Crippen MR) is 58.7 cm³/mol. The van der Waals surface area contributed by atoms with Gasteiger partial charge in [-0.05, 0) is 18.2 Å². The molecule has 1 aliphatic heterocycles. The number of nitrogens with zero attached hydrogens (tertiary/aromatic N) is 1. The van der Waals surface area contributed by atoms with Gasteiger partial charge >= 0.3 is 6.03 Å². The molecule has 6 heteroatoms. The molecule has 1 aromatic heterocycles. The van der Waals surface area contributed by atoms with Crippen LogP contribution in [0.5, 0.6) is 0 Å². The lowest BCUT2D eigenvalue weighted by molar-refractivity contribution is -0.115. The fourth-order valence-electron chi connectivity index (χ4n) is 1.63. The number of carbonyl (C=O) groups excluding carboxylic acids is 2. The van der Waals surface area contributed by atoms with Gasteiger partial charge in [-0.25, -0.2) is 4.79 Å². The SMILES string of the molecule is O=C1NC(=O)C(=Cc2noc3ccccc23)N1. The van der Waals surface area contributed by atoms with E-state index in [2.05, 4.69) is 15.8 Å². The molecular formula is C11H7N3O3. The van der Waals surface area contributed by atoms with Gasteiger partial charge < -0.3 is 9.84 Å². The summed E-state index contributed by atoms with van der Waals surface area (Å²) in [7, 11) is 0. The second-order valence-electron chi connectivity index (χ2n) is 3.53.